The number of rotatable bonds is 5. The van der Waals surface area contributed by atoms with Crippen molar-refractivity contribution in [1.29, 1.82) is 0 Å². The van der Waals surface area contributed by atoms with Crippen molar-refractivity contribution in [1.82, 2.24) is 0 Å². The normalized spacial score (nSPS) is 10.3. The highest BCUT2D eigenvalue weighted by Crippen LogP contribution is 2.26. The number of Topliss-reactive ketones (excluding diaryl/α,β-unsaturated/α-hetero) is 1. The van der Waals surface area contributed by atoms with Crippen molar-refractivity contribution in [3.05, 3.63) is 90.0 Å². The lowest BCUT2D eigenvalue weighted by Gasteiger charge is -2.09. The number of benzene rings is 3. The molecule has 2 heteroatoms. The molecule has 0 aliphatic rings. The highest BCUT2D eigenvalue weighted by atomic mass is 16.5. The smallest absolute Gasteiger partial charge is 0.160 e. The molecule has 0 atom stereocenters. The van der Waals surface area contributed by atoms with Crippen molar-refractivity contribution >= 4 is 5.78 Å². The molecule has 3 rings (SSSR count). The minimum absolute atomic E-state index is 0.0741. The van der Waals surface area contributed by atoms with Gasteiger partial charge in [-0.05, 0) is 35.7 Å². The summed E-state index contributed by atoms with van der Waals surface area (Å²) in [4.78, 5) is 11.7. The summed E-state index contributed by atoms with van der Waals surface area (Å²) < 4.78 is 5.79. The van der Waals surface area contributed by atoms with E-state index in [4.69, 9.17) is 4.74 Å². The van der Waals surface area contributed by atoms with Crippen LogP contribution in [-0.2, 0) is 6.61 Å². The predicted octanol–water partition coefficient (Wildman–Crippen LogP) is 5.14. The number of hydrogen-bond acceptors (Lipinski definition) is 2. The molecule has 0 N–H and O–H groups in total. The van der Waals surface area contributed by atoms with Crippen LogP contribution >= 0.6 is 0 Å². The fourth-order valence-corrected chi connectivity index (χ4v) is 2.51. The van der Waals surface area contributed by atoms with Gasteiger partial charge in [-0.3, -0.25) is 4.79 Å². The first-order chi connectivity index (χ1) is 11.2. The lowest BCUT2D eigenvalue weighted by Crippen LogP contribution is -1.96. The van der Waals surface area contributed by atoms with E-state index in [1.807, 2.05) is 78.9 Å². The maximum absolute atomic E-state index is 11.7. The fraction of sp³-hybridized carbons (Fsp3) is 0.0952. The standard InChI is InChI=1S/C21H18O2/c1-16(22)20-9-5-6-10-21(20)18-11-13-19(14-12-18)23-15-17-7-3-2-4-8-17/h2-14H,15H2,1H3. The summed E-state index contributed by atoms with van der Waals surface area (Å²) in [6, 6.07) is 25.6. The van der Waals surface area contributed by atoms with Gasteiger partial charge in [-0.1, -0.05) is 66.7 Å². The Bertz CT molecular complexity index is 790. The summed E-state index contributed by atoms with van der Waals surface area (Å²) in [5.41, 5.74) is 3.85. The van der Waals surface area contributed by atoms with Crippen molar-refractivity contribution < 1.29 is 9.53 Å². The van der Waals surface area contributed by atoms with Crippen LogP contribution in [0.15, 0.2) is 78.9 Å². The molecule has 0 saturated carbocycles. The Labute approximate surface area is 136 Å². The van der Waals surface area contributed by atoms with Crippen LogP contribution in [-0.4, -0.2) is 5.78 Å². The van der Waals surface area contributed by atoms with Crippen LogP contribution in [0.4, 0.5) is 0 Å². The van der Waals surface area contributed by atoms with E-state index in [0.717, 1.165) is 28.0 Å². The van der Waals surface area contributed by atoms with E-state index in [-0.39, 0.29) is 5.78 Å². The van der Waals surface area contributed by atoms with Crippen molar-refractivity contribution in [2.75, 3.05) is 0 Å². The molecular weight excluding hydrogens is 284 g/mol. The maximum Gasteiger partial charge on any atom is 0.160 e. The van der Waals surface area contributed by atoms with Crippen LogP contribution in [0.1, 0.15) is 22.8 Å². The monoisotopic (exact) mass is 302 g/mol. The van der Waals surface area contributed by atoms with Crippen LogP contribution < -0.4 is 4.74 Å². The molecule has 0 unspecified atom stereocenters. The predicted molar refractivity (Wildman–Crippen MR) is 92.7 cm³/mol. The second-order valence-electron chi connectivity index (χ2n) is 5.40. The minimum atomic E-state index is 0.0741. The van der Waals surface area contributed by atoms with Crippen LogP contribution in [0, 0.1) is 0 Å². The van der Waals surface area contributed by atoms with E-state index in [1.54, 1.807) is 6.92 Å². The van der Waals surface area contributed by atoms with E-state index in [9.17, 15) is 4.79 Å². The molecule has 0 aliphatic heterocycles. The molecule has 23 heavy (non-hydrogen) atoms. The molecule has 0 aliphatic carbocycles. The van der Waals surface area contributed by atoms with E-state index >= 15 is 0 Å². The van der Waals surface area contributed by atoms with Crippen molar-refractivity contribution in [3.8, 4) is 16.9 Å². The average molecular weight is 302 g/mol. The molecule has 3 aromatic carbocycles. The lowest BCUT2D eigenvalue weighted by molar-refractivity contribution is 0.101. The molecule has 0 spiro atoms. The summed E-state index contributed by atoms with van der Waals surface area (Å²) in [6.07, 6.45) is 0. The first-order valence-electron chi connectivity index (χ1n) is 7.61. The van der Waals surface area contributed by atoms with Gasteiger partial charge in [-0.15, -0.1) is 0 Å². The Hall–Kier alpha value is -2.87. The highest BCUT2D eigenvalue weighted by Gasteiger charge is 2.08. The average Bonchev–Trinajstić information content (AvgIpc) is 2.61. The Morgan fingerprint density at radius 3 is 2.17 bits per heavy atom. The van der Waals surface area contributed by atoms with Gasteiger partial charge in [0.15, 0.2) is 5.78 Å². The number of carbonyl (C=O) groups is 1. The Kier molecular flexibility index (Phi) is 4.53. The first kappa shape index (κ1) is 15.0. The van der Waals surface area contributed by atoms with Gasteiger partial charge in [0, 0.05) is 5.56 Å². The first-order valence-corrected chi connectivity index (χ1v) is 7.61. The van der Waals surface area contributed by atoms with Crippen LogP contribution in [0.3, 0.4) is 0 Å². The van der Waals surface area contributed by atoms with Crippen molar-refractivity contribution in [3.63, 3.8) is 0 Å². The van der Waals surface area contributed by atoms with Gasteiger partial charge < -0.3 is 4.74 Å². The van der Waals surface area contributed by atoms with Crippen molar-refractivity contribution in [2.24, 2.45) is 0 Å². The second kappa shape index (κ2) is 6.93. The summed E-state index contributed by atoms with van der Waals surface area (Å²) in [7, 11) is 0. The van der Waals surface area contributed by atoms with E-state index in [2.05, 4.69) is 0 Å². The number of ether oxygens (including phenoxy) is 1. The SMILES string of the molecule is CC(=O)c1ccccc1-c1ccc(OCc2ccccc2)cc1. The molecule has 0 aromatic heterocycles. The Morgan fingerprint density at radius 2 is 1.48 bits per heavy atom. The zero-order chi connectivity index (χ0) is 16.1. The third-order valence-corrected chi connectivity index (χ3v) is 3.72. The summed E-state index contributed by atoms with van der Waals surface area (Å²) in [5.74, 6) is 0.892. The molecule has 0 amide bonds. The molecule has 0 bridgehead atoms. The van der Waals surface area contributed by atoms with Crippen LogP contribution in [0.2, 0.25) is 0 Å². The zero-order valence-corrected chi connectivity index (χ0v) is 13.0. The molecule has 0 heterocycles. The molecule has 3 aromatic rings. The molecule has 0 saturated heterocycles. The number of ketones is 1. The van der Waals surface area contributed by atoms with Gasteiger partial charge in [0.1, 0.15) is 12.4 Å². The van der Waals surface area contributed by atoms with E-state index < -0.39 is 0 Å². The number of carbonyl (C=O) groups excluding carboxylic acids is 1. The summed E-state index contributed by atoms with van der Waals surface area (Å²) >= 11 is 0. The van der Waals surface area contributed by atoms with Gasteiger partial charge in [0.2, 0.25) is 0 Å². The molecular formula is C21H18O2. The van der Waals surface area contributed by atoms with Gasteiger partial charge >= 0.3 is 0 Å². The van der Waals surface area contributed by atoms with Crippen LogP contribution in [0.5, 0.6) is 5.75 Å². The van der Waals surface area contributed by atoms with Gasteiger partial charge in [-0.25, -0.2) is 0 Å². The highest BCUT2D eigenvalue weighted by molar-refractivity contribution is 6.00. The van der Waals surface area contributed by atoms with Gasteiger partial charge in [0.25, 0.3) is 0 Å². The Morgan fingerprint density at radius 1 is 0.826 bits per heavy atom. The third kappa shape index (κ3) is 3.67. The second-order valence-corrected chi connectivity index (χ2v) is 5.40. The minimum Gasteiger partial charge on any atom is -0.489 e. The Balaban J connectivity index is 1.76. The topological polar surface area (TPSA) is 26.3 Å². The quantitative estimate of drug-likeness (QED) is 0.610. The zero-order valence-electron chi connectivity index (χ0n) is 13.0. The third-order valence-electron chi connectivity index (χ3n) is 3.72. The molecule has 2 nitrogen and oxygen atoms in total. The summed E-state index contributed by atoms with van der Waals surface area (Å²) in [5, 5.41) is 0. The summed E-state index contributed by atoms with van der Waals surface area (Å²) in [6.45, 7) is 2.14. The van der Waals surface area contributed by atoms with E-state index in [0.29, 0.717) is 6.61 Å². The van der Waals surface area contributed by atoms with E-state index in [1.165, 1.54) is 0 Å². The molecule has 114 valence electrons. The lowest BCUT2D eigenvalue weighted by atomic mass is 9.97. The van der Waals surface area contributed by atoms with Crippen molar-refractivity contribution in [2.45, 2.75) is 13.5 Å². The van der Waals surface area contributed by atoms with Gasteiger partial charge in [0.05, 0.1) is 0 Å². The van der Waals surface area contributed by atoms with Gasteiger partial charge in [-0.2, -0.15) is 0 Å². The molecule has 0 fully saturated rings. The fourth-order valence-electron chi connectivity index (χ4n) is 2.51. The van der Waals surface area contributed by atoms with Crippen LogP contribution in [0.25, 0.3) is 11.1 Å². The largest absolute Gasteiger partial charge is 0.489 e. The molecule has 0 radical (unpaired) electrons. The number of hydrogen-bond donors (Lipinski definition) is 0. The maximum atomic E-state index is 11.7.